The van der Waals surface area contributed by atoms with Crippen molar-refractivity contribution in [3.05, 3.63) is 84.5 Å². The fraction of sp³-hybridized carbons (Fsp3) is 0.200. The van der Waals surface area contributed by atoms with Gasteiger partial charge in [0.15, 0.2) is 0 Å². The first-order valence-corrected chi connectivity index (χ1v) is 7.88. The van der Waals surface area contributed by atoms with Crippen LogP contribution in [0, 0.1) is 0 Å². The average molecular weight is 295 g/mol. The van der Waals surface area contributed by atoms with Gasteiger partial charge in [0.05, 0.1) is 0 Å². The summed E-state index contributed by atoms with van der Waals surface area (Å²) >= 11 is 5.80. The Morgan fingerprint density at radius 3 is 1.95 bits per heavy atom. The van der Waals surface area contributed by atoms with Gasteiger partial charge in [0.1, 0.15) is 0 Å². The van der Waals surface area contributed by atoms with E-state index in [1.165, 1.54) is 22.3 Å². The second-order valence-corrected chi connectivity index (χ2v) is 5.80. The number of hydrogen-bond donors (Lipinski definition) is 0. The van der Waals surface area contributed by atoms with Gasteiger partial charge in [0.2, 0.25) is 0 Å². The third kappa shape index (κ3) is 2.24. The molecule has 0 bridgehead atoms. The second-order valence-electron chi connectivity index (χ2n) is 5.50. The van der Waals surface area contributed by atoms with Gasteiger partial charge in [-0.15, -0.1) is 18.2 Å². The van der Waals surface area contributed by atoms with E-state index in [4.69, 9.17) is 11.6 Å². The molecule has 0 fully saturated rings. The highest BCUT2D eigenvalue weighted by molar-refractivity contribution is 6.18. The van der Waals surface area contributed by atoms with Gasteiger partial charge in [-0.3, -0.25) is 0 Å². The van der Waals surface area contributed by atoms with E-state index >= 15 is 0 Å². The van der Waals surface area contributed by atoms with Crippen molar-refractivity contribution in [1.82, 2.24) is 0 Å². The van der Waals surface area contributed by atoms with Crippen molar-refractivity contribution in [3.63, 3.8) is 0 Å². The molecule has 21 heavy (non-hydrogen) atoms. The number of benzene rings is 2. The molecule has 0 aliphatic heterocycles. The van der Waals surface area contributed by atoms with Crippen LogP contribution in [0.2, 0.25) is 0 Å². The molecule has 0 saturated heterocycles. The molecular weight excluding hydrogens is 276 g/mol. The topological polar surface area (TPSA) is 0 Å². The summed E-state index contributed by atoms with van der Waals surface area (Å²) in [6, 6.07) is 17.5. The van der Waals surface area contributed by atoms with E-state index in [9.17, 15) is 0 Å². The third-order valence-corrected chi connectivity index (χ3v) is 4.57. The monoisotopic (exact) mass is 294 g/mol. The summed E-state index contributed by atoms with van der Waals surface area (Å²) < 4.78 is 0. The number of alkyl halides is 1. The molecule has 0 radical (unpaired) electrons. The van der Waals surface area contributed by atoms with Crippen LogP contribution < -0.4 is 0 Å². The van der Waals surface area contributed by atoms with E-state index in [0.717, 1.165) is 12.8 Å². The van der Waals surface area contributed by atoms with Crippen molar-refractivity contribution >= 4 is 11.6 Å². The zero-order chi connectivity index (χ0) is 14.7. The lowest BCUT2D eigenvalue weighted by Crippen LogP contribution is -2.23. The smallest absolute Gasteiger partial charge is 0.0404 e. The first kappa shape index (κ1) is 14.2. The van der Waals surface area contributed by atoms with Crippen molar-refractivity contribution in [2.24, 2.45) is 0 Å². The van der Waals surface area contributed by atoms with Crippen LogP contribution in [0.25, 0.3) is 11.1 Å². The van der Waals surface area contributed by atoms with E-state index in [0.29, 0.717) is 5.88 Å². The number of allylic oxidation sites excluding steroid dienone is 3. The SMILES string of the molecule is C=CCC1(CC=CCCl)c2ccccc2-c2ccccc21. The molecule has 0 spiro atoms. The minimum Gasteiger partial charge on any atom is -0.122 e. The lowest BCUT2D eigenvalue weighted by atomic mass is 9.73. The summed E-state index contributed by atoms with van der Waals surface area (Å²) in [6.45, 7) is 3.99. The predicted molar refractivity (Wildman–Crippen MR) is 91.9 cm³/mol. The van der Waals surface area contributed by atoms with E-state index in [2.05, 4.69) is 61.2 Å². The van der Waals surface area contributed by atoms with Crippen LogP contribution in [0.3, 0.4) is 0 Å². The summed E-state index contributed by atoms with van der Waals surface area (Å²) in [6.07, 6.45) is 8.17. The summed E-state index contributed by atoms with van der Waals surface area (Å²) in [5.74, 6) is 0.563. The van der Waals surface area contributed by atoms with E-state index in [1.807, 2.05) is 12.2 Å². The Balaban J connectivity index is 2.22. The first-order valence-electron chi connectivity index (χ1n) is 7.35. The molecule has 1 aliphatic rings. The molecule has 0 heterocycles. The summed E-state index contributed by atoms with van der Waals surface area (Å²) in [5, 5.41) is 0. The Morgan fingerprint density at radius 1 is 0.857 bits per heavy atom. The molecule has 0 atom stereocenters. The van der Waals surface area contributed by atoms with Crippen molar-refractivity contribution in [2.75, 3.05) is 5.88 Å². The molecule has 0 aromatic heterocycles. The minimum atomic E-state index is -0.00248. The predicted octanol–water partition coefficient (Wildman–Crippen LogP) is 5.71. The zero-order valence-corrected chi connectivity index (χ0v) is 12.8. The second kappa shape index (κ2) is 5.91. The van der Waals surface area contributed by atoms with Crippen molar-refractivity contribution in [1.29, 1.82) is 0 Å². The first-order chi connectivity index (χ1) is 10.3. The van der Waals surface area contributed by atoms with Gasteiger partial charge in [-0.2, -0.15) is 0 Å². The Labute approximate surface area is 131 Å². The Hall–Kier alpha value is -1.79. The minimum absolute atomic E-state index is 0.00248. The van der Waals surface area contributed by atoms with Crippen LogP contribution in [0.15, 0.2) is 73.3 Å². The van der Waals surface area contributed by atoms with Crippen LogP contribution in [0.1, 0.15) is 24.0 Å². The normalized spacial score (nSPS) is 14.9. The Kier molecular flexibility index (Phi) is 3.98. The van der Waals surface area contributed by atoms with Crippen LogP contribution in [0.4, 0.5) is 0 Å². The molecule has 2 aromatic rings. The van der Waals surface area contributed by atoms with Crippen LogP contribution in [0.5, 0.6) is 0 Å². The van der Waals surface area contributed by atoms with E-state index < -0.39 is 0 Å². The number of hydrogen-bond acceptors (Lipinski definition) is 0. The van der Waals surface area contributed by atoms with Crippen molar-refractivity contribution in [3.8, 4) is 11.1 Å². The fourth-order valence-corrected chi connectivity index (χ4v) is 3.66. The Morgan fingerprint density at radius 2 is 1.43 bits per heavy atom. The molecular formula is C20H19Cl. The molecule has 0 saturated carbocycles. The molecule has 0 unspecified atom stereocenters. The summed E-state index contributed by atoms with van der Waals surface area (Å²) in [4.78, 5) is 0. The molecule has 2 aromatic carbocycles. The highest BCUT2D eigenvalue weighted by Crippen LogP contribution is 2.52. The van der Waals surface area contributed by atoms with Gasteiger partial charge in [0, 0.05) is 11.3 Å². The Bertz CT molecular complexity index is 636. The average Bonchev–Trinajstić information content (AvgIpc) is 2.80. The van der Waals surface area contributed by atoms with E-state index in [-0.39, 0.29) is 5.41 Å². The standard InChI is InChI=1S/C20H19Cl/c1-2-13-20(14-7-8-15-21)18-11-5-3-9-16(18)17-10-4-6-12-19(17)20/h2-12H,1,13-15H2. The number of fused-ring (bicyclic) bond motifs is 3. The largest absolute Gasteiger partial charge is 0.122 e. The summed E-state index contributed by atoms with van der Waals surface area (Å²) in [5.41, 5.74) is 5.52. The van der Waals surface area contributed by atoms with Gasteiger partial charge in [0.25, 0.3) is 0 Å². The molecule has 1 heteroatoms. The van der Waals surface area contributed by atoms with Crippen LogP contribution in [-0.4, -0.2) is 5.88 Å². The number of halogens is 1. The molecule has 1 aliphatic carbocycles. The zero-order valence-electron chi connectivity index (χ0n) is 12.1. The number of rotatable bonds is 5. The quantitative estimate of drug-likeness (QED) is 0.489. The maximum absolute atomic E-state index is 5.80. The van der Waals surface area contributed by atoms with Crippen molar-refractivity contribution in [2.45, 2.75) is 18.3 Å². The van der Waals surface area contributed by atoms with Gasteiger partial charge in [-0.1, -0.05) is 66.8 Å². The van der Waals surface area contributed by atoms with Gasteiger partial charge < -0.3 is 0 Å². The third-order valence-electron chi connectivity index (χ3n) is 4.39. The molecule has 0 N–H and O–H groups in total. The molecule has 0 nitrogen and oxygen atoms in total. The lowest BCUT2D eigenvalue weighted by Gasteiger charge is -2.30. The van der Waals surface area contributed by atoms with Crippen molar-refractivity contribution < 1.29 is 0 Å². The van der Waals surface area contributed by atoms with Gasteiger partial charge >= 0.3 is 0 Å². The van der Waals surface area contributed by atoms with E-state index in [1.54, 1.807) is 0 Å². The molecule has 0 amide bonds. The maximum atomic E-state index is 5.80. The van der Waals surface area contributed by atoms with Gasteiger partial charge in [-0.05, 0) is 35.1 Å². The maximum Gasteiger partial charge on any atom is 0.0404 e. The highest BCUT2D eigenvalue weighted by Gasteiger charge is 2.40. The lowest BCUT2D eigenvalue weighted by molar-refractivity contribution is 0.542. The molecule has 3 rings (SSSR count). The highest BCUT2D eigenvalue weighted by atomic mass is 35.5. The van der Waals surface area contributed by atoms with Crippen LogP contribution >= 0.6 is 11.6 Å². The molecule has 106 valence electrons. The summed E-state index contributed by atoms with van der Waals surface area (Å²) in [7, 11) is 0. The van der Waals surface area contributed by atoms with Gasteiger partial charge in [-0.25, -0.2) is 0 Å². The fourth-order valence-electron chi connectivity index (χ4n) is 3.53. The van der Waals surface area contributed by atoms with Crippen LogP contribution in [-0.2, 0) is 5.41 Å².